The third-order valence-electron chi connectivity index (χ3n) is 5.89. The van der Waals surface area contributed by atoms with Gasteiger partial charge in [0, 0.05) is 44.6 Å². The molecular weight excluding hydrogens is 492 g/mol. The van der Waals surface area contributed by atoms with E-state index in [1.165, 1.54) is 9.47 Å². The summed E-state index contributed by atoms with van der Waals surface area (Å²) in [6, 6.07) is 6.44. The fourth-order valence-electron chi connectivity index (χ4n) is 3.98. The van der Waals surface area contributed by atoms with Crippen LogP contribution in [0.25, 0.3) is 22.5 Å². The highest BCUT2D eigenvalue weighted by molar-refractivity contribution is 5.82. The number of benzene rings is 1. The average Bonchev–Trinajstić information content (AvgIpc) is 3.03. The van der Waals surface area contributed by atoms with Crippen LogP contribution in [0.5, 0.6) is 0 Å². The maximum Gasteiger partial charge on any atom is 0.419 e. The molecule has 3 heterocycles. The van der Waals surface area contributed by atoms with Crippen molar-refractivity contribution in [2.75, 3.05) is 19.7 Å². The summed E-state index contributed by atoms with van der Waals surface area (Å²) in [5.41, 5.74) is 1.78. The van der Waals surface area contributed by atoms with Gasteiger partial charge in [0.2, 0.25) is 0 Å². The lowest BCUT2D eigenvalue weighted by Crippen LogP contribution is -2.48. The highest BCUT2D eigenvalue weighted by atomic mass is 16.6. The molecule has 38 heavy (non-hydrogen) atoms. The van der Waals surface area contributed by atoms with Crippen LogP contribution in [0.4, 0.5) is 4.79 Å². The number of carbonyl (C=O) groups excluding carboxylic acids is 2. The molecule has 2 amide bonds. The van der Waals surface area contributed by atoms with E-state index >= 15 is 0 Å². The van der Waals surface area contributed by atoms with Crippen LogP contribution >= 0.6 is 0 Å². The van der Waals surface area contributed by atoms with Gasteiger partial charge in [-0.1, -0.05) is 0 Å². The van der Waals surface area contributed by atoms with Crippen LogP contribution in [0.3, 0.4) is 0 Å². The second kappa shape index (κ2) is 11.0. The van der Waals surface area contributed by atoms with E-state index in [4.69, 9.17) is 13.9 Å². The normalized spacial score (nSPS) is 16.9. The molecule has 0 aliphatic carbocycles. The van der Waals surface area contributed by atoms with E-state index in [1.54, 1.807) is 58.4 Å². The van der Waals surface area contributed by atoms with Gasteiger partial charge in [0.05, 0.1) is 18.1 Å². The van der Waals surface area contributed by atoms with Gasteiger partial charge in [-0.05, 0) is 51.0 Å². The zero-order chi connectivity index (χ0) is 27.4. The maximum atomic E-state index is 12.9. The van der Waals surface area contributed by atoms with Crippen molar-refractivity contribution in [1.82, 2.24) is 24.8 Å². The zero-order valence-corrected chi connectivity index (χ0v) is 21.8. The van der Waals surface area contributed by atoms with Crippen LogP contribution < -0.4 is 11.1 Å². The van der Waals surface area contributed by atoms with Crippen LogP contribution in [0.2, 0.25) is 0 Å². The van der Waals surface area contributed by atoms with Crippen LogP contribution in [0.15, 0.2) is 39.8 Å². The minimum absolute atomic E-state index is 0.0311. The minimum Gasteiger partial charge on any atom is -0.444 e. The van der Waals surface area contributed by atoms with Crippen LogP contribution in [-0.2, 0) is 27.7 Å². The first-order valence-corrected chi connectivity index (χ1v) is 12.2. The average molecular weight is 523 g/mol. The Balaban J connectivity index is 1.39. The van der Waals surface area contributed by atoms with Crippen LogP contribution in [-0.4, -0.2) is 68.9 Å². The fraction of sp³-hybridized carbons (Fsp3) is 0.462. The molecule has 1 aliphatic heterocycles. The van der Waals surface area contributed by atoms with Crippen LogP contribution in [0.1, 0.15) is 32.8 Å². The molecular formula is C26H30N6O6. The predicted octanol–water partition coefficient (Wildman–Crippen LogP) is 2.17. The van der Waals surface area contributed by atoms with Crippen molar-refractivity contribution < 1.29 is 23.5 Å². The molecule has 1 saturated heterocycles. The summed E-state index contributed by atoms with van der Waals surface area (Å²) in [5.74, 6) is -0.496. The number of carbonyl (C=O) groups is 2. The monoisotopic (exact) mass is 522 g/mol. The SMILES string of the molecule is Cn1c(=O)oc2ccc(-c3ncc(CC(C#N)NC(=O)[C@@H]4CN(C(=O)OC(C)(C)C)CCCO4)cn3)cc21. The van der Waals surface area contributed by atoms with E-state index in [1.807, 2.05) is 0 Å². The summed E-state index contributed by atoms with van der Waals surface area (Å²) < 4.78 is 17.6. The lowest BCUT2D eigenvalue weighted by atomic mass is 10.1. The quantitative estimate of drug-likeness (QED) is 0.531. The highest BCUT2D eigenvalue weighted by Crippen LogP contribution is 2.21. The number of aryl methyl sites for hydroxylation is 1. The van der Waals surface area contributed by atoms with Gasteiger partial charge in [-0.2, -0.15) is 5.26 Å². The summed E-state index contributed by atoms with van der Waals surface area (Å²) in [7, 11) is 1.62. The van der Waals surface area contributed by atoms with Gasteiger partial charge in [-0.15, -0.1) is 0 Å². The third kappa shape index (κ3) is 6.36. The minimum atomic E-state index is -0.923. The Morgan fingerprint density at radius 2 is 2.03 bits per heavy atom. The first-order chi connectivity index (χ1) is 18.0. The number of nitrogens with one attached hydrogen (secondary N) is 1. The molecule has 1 N–H and O–H groups in total. The number of ether oxygens (including phenoxy) is 2. The maximum absolute atomic E-state index is 12.9. The van der Waals surface area contributed by atoms with Gasteiger partial charge in [-0.25, -0.2) is 19.6 Å². The zero-order valence-electron chi connectivity index (χ0n) is 21.8. The third-order valence-corrected chi connectivity index (χ3v) is 5.89. The molecule has 2 atom stereocenters. The van der Waals surface area contributed by atoms with E-state index in [-0.39, 0.29) is 13.0 Å². The summed E-state index contributed by atoms with van der Waals surface area (Å²) >= 11 is 0. The Morgan fingerprint density at radius 3 is 2.71 bits per heavy atom. The molecule has 0 saturated carbocycles. The van der Waals surface area contributed by atoms with E-state index < -0.39 is 35.5 Å². The molecule has 4 rings (SSSR count). The number of amides is 2. The largest absolute Gasteiger partial charge is 0.444 e. The van der Waals surface area contributed by atoms with Crippen molar-refractivity contribution in [2.45, 2.75) is 51.4 Å². The number of fused-ring (bicyclic) bond motifs is 1. The van der Waals surface area contributed by atoms with E-state index in [9.17, 15) is 19.6 Å². The molecule has 1 fully saturated rings. The number of hydrogen-bond donors (Lipinski definition) is 1. The molecule has 0 spiro atoms. The number of oxazole rings is 1. The molecule has 12 heteroatoms. The molecule has 0 radical (unpaired) electrons. The number of aromatic nitrogens is 3. The first-order valence-electron chi connectivity index (χ1n) is 12.2. The second-order valence-electron chi connectivity index (χ2n) is 10.1. The van der Waals surface area contributed by atoms with Gasteiger partial charge < -0.3 is 24.1 Å². The van der Waals surface area contributed by atoms with Gasteiger partial charge in [0.25, 0.3) is 5.91 Å². The Hall–Kier alpha value is -4.24. The molecule has 1 aromatic carbocycles. The first kappa shape index (κ1) is 26.8. The van der Waals surface area contributed by atoms with E-state index in [2.05, 4.69) is 21.4 Å². The summed E-state index contributed by atoms with van der Waals surface area (Å²) in [6.07, 6.45) is 2.49. The van der Waals surface area contributed by atoms with E-state index in [0.717, 1.165) is 0 Å². The van der Waals surface area contributed by atoms with Crippen molar-refractivity contribution in [3.8, 4) is 17.5 Å². The molecule has 3 aromatic rings. The molecule has 1 unspecified atom stereocenters. The fourth-order valence-corrected chi connectivity index (χ4v) is 3.98. The predicted molar refractivity (Wildman–Crippen MR) is 136 cm³/mol. The Morgan fingerprint density at radius 1 is 1.29 bits per heavy atom. The van der Waals surface area contributed by atoms with Crippen molar-refractivity contribution in [1.29, 1.82) is 5.26 Å². The van der Waals surface area contributed by atoms with Gasteiger partial charge >= 0.3 is 11.8 Å². The summed E-state index contributed by atoms with van der Waals surface area (Å²) in [5, 5.41) is 12.3. The lowest BCUT2D eigenvalue weighted by Gasteiger charge is -2.27. The Bertz CT molecular complexity index is 1420. The lowest BCUT2D eigenvalue weighted by molar-refractivity contribution is -0.133. The van der Waals surface area contributed by atoms with Gasteiger partial charge in [-0.3, -0.25) is 9.36 Å². The van der Waals surface area contributed by atoms with Crippen molar-refractivity contribution in [3.63, 3.8) is 0 Å². The second-order valence-corrected chi connectivity index (χ2v) is 10.1. The topological polar surface area (TPSA) is 153 Å². The Labute approximate surface area is 219 Å². The van der Waals surface area contributed by atoms with E-state index in [0.29, 0.717) is 47.6 Å². The van der Waals surface area contributed by atoms with Gasteiger partial charge in [0.1, 0.15) is 11.6 Å². The molecule has 200 valence electrons. The van der Waals surface area contributed by atoms with Crippen molar-refractivity contribution in [3.05, 3.63) is 46.7 Å². The van der Waals surface area contributed by atoms with Gasteiger partial charge in [0.15, 0.2) is 17.5 Å². The molecule has 12 nitrogen and oxygen atoms in total. The van der Waals surface area contributed by atoms with Crippen molar-refractivity contribution in [2.24, 2.45) is 7.05 Å². The molecule has 0 bridgehead atoms. The van der Waals surface area contributed by atoms with Crippen molar-refractivity contribution >= 4 is 23.1 Å². The number of rotatable bonds is 5. The number of nitriles is 1. The summed E-state index contributed by atoms with van der Waals surface area (Å²) in [4.78, 5) is 47.4. The number of nitrogens with zero attached hydrogens (tertiary/aromatic N) is 5. The summed E-state index contributed by atoms with van der Waals surface area (Å²) in [6.45, 7) is 6.08. The Kier molecular flexibility index (Phi) is 7.78. The molecule has 2 aromatic heterocycles. The smallest absolute Gasteiger partial charge is 0.419 e. The number of hydrogen-bond acceptors (Lipinski definition) is 9. The standard InChI is InChI=1S/C26H30N6O6/c1-26(2,3)38-25(35)32-8-5-9-36-21(15-32)23(33)30-18(12-27)10-16-13-28-22(29-14-16)17-6-7-20-19(11-17)31(4)24(34)37-20/h6-7,11,13-14,18,21H,5,8-10,15H2,1-4H3,(H,30,33)/t18?,21-/m0/s1. The highest BCUT2D eigenvalue weighted by Gasteiger charge is 2.31. The molecule has 1 aliphatic rings. The van der Waals surface area contributed by atoms with Crippen LogP contribution in [0, 0.1) is 11.3 Å².